The molecule has 1 aromatic carbocycles. The molecule has 108 valence electrons. The molecule has 1 atom stereocenters. The minimum Gasteiger partial charge on any atom is -0.508 e. The maximum absolute atomic E-state index is 11.8. The van der Waals surface area contributed by atoms with E-state index in [-0.39, 0.29) is 17.7 Å². The zero-order valence-electron chi connectivity index (χ0n) is 10.2. The van der Waals surface area contributed by atoms with Gasteiger partial charge in [-0.15, -0.1) is 0 Å². The van der Waals surface area contributed by atoms with Crippen molar-refractivity contribution >= 4 is 17.8 Å². The van der Waals surface area contributed by atoms with Gasteiger partial charge >= 0.3 is 11.9 Å². The molecule has 0 radical (unpaired) electrons. The molecule has 0 aliphatic carbocycles. The highest BCUT2D eigenvalue weighted by Crippen LogP contribution is 2.22. The minimum absolute atomic E-state index is 0.273. The Labute approximate surface area is 113 Å². The summed E-state index contributed by atoms with van der Waals surface area (Å²) in [4.78, 5) is 33.1. The Kier molecular flexibility index (Phi) is 4.90. The zero-order valence-corrected chi connectivity index (χ0v) is 10.2. The molecule has 8 nitrogen and oxygen atoms in total. The summed E-state index contributed by atoms with van der Waals surface area (Å²) in [5, 5.41) is 38.1. The predicted octanol–water partition coefficient (Wildman–Crippen LogP) is 0.146. The molecule has 0 saturated carbocycles. The SMILES string of the molecule is O=C(O)CCC(NC(=O)c1cc(O)ccc1O)C(=O)O. The number of carbonyl (C=O) groups excluding carboxylic acids is 1. The van der Waals surface area contributed by atoms with Gasteiger partial charge in [-0.1, -0.05) is 0 Å². The van der Waals surface area contributed by atoms with Gasteiger partial charge in [-0.2, -0.15) is 0 Å². The fraction of sp³-hybridized carbons (Fsp3) is 0.250. The average molecular weight is 283 g/mol. The van der Waals surface area contributed by atoms with Crippen molar-refractivity contribution in [1.82, 2.24) is 5.32 Å². The number of aliphatic carboxylic acids is 2. The van der Waals surface area contributed by atoms with E-state index in [9.17, 15) is 24.6 Å². The smallest absolute Gasteiger partial charge is 0.326 e. The Morgan fingerprint density at radius 1 is 1.15 bits per heavy atom. The molecular weight excluding hydrogens is 270 g/mol. The first-order valence-electron chi connectivity index (χ1n) is 5.58. The van der Waals surface area contributed by atoms with Gasteiger partial charge in [-0.05, 0) is 24.6 Å². The first-order valence-corrected chi connectivity index (χ1v) is 5.58. The van der Waals surface area contributed by atoms with Crippen LogP contribution in [0.5, 0.6) is 11.5 Å². The van der Waals surface area contributed by atoms with Crippen LogP contribution in [0, 0.1) is 0 Å². The van der Waals surface area contributed by atoms with Gasteiger partial charge in [-0.3, -0.25) is 9.59 Å². The number of hydrogen-bond acceptors (Lipinski definition) is 5. The zero-order chi connectivity index (χ0) is 15.3. The summed E-state index contributed by atoms with van der Waals surface area (Å²) in [7, 11) is 0. The van der Waals surface area contributed by atoms with E-state index in [0.29, 0.717) is 0 Å². The number of amides is 1. The van der Waals surface area contributed by atoms with Gasteiger partial charge < -0.3 is 25.7 Å². The van der Waals surface area contributed by atoms with Gasteiger partial charge in [0, 0.05) is 6.42 Å². The number of carboxylic acid groups (broad SMARTS) is 2. The number of rotatable bonds is 6. The second-order valence-corrected chi connectivity index (χ2v) is 4.00. The van der Waals surface area contributed by atoms with Crippen LogP contribution in [-0.2, 0) is 9.59 Å². The number of carboxylic acids is 2. The number of phenols is 2. The molecule has 0 aliphatic rings. The van der Waals surface area contributed by atoms with Crippen LogP contribution in [0.25, 0.3) is 0 Å². The molecule has 5 N–H and O–H groups in total. The van der Waals surface area contributed by atoms with Crippen molar-refractivity contribution in [3.63, 3.8) is 0 Å². The first-order chi connectivity index (χ1) is 9.31. The lowest BCUT2D eigenvalue weighted by atomic mass is 10.1. The lowest BCUT2D eigenvalue weighted by Crippen LogP contribution is -2.41. The third-order valence-corrected chi connectivity index (χ3v) is 2.48. The van der Waals surface area contributed by atoms with Crippen molar-refractivity contribution in [1.29, 1.82) is 0 Å². The number of phenolic OH excluding ortho intramolecular Hbond substituents is 2. The highest BCUT2D eigenvalue weighted by atomic mass is 16.4. The minimum atomic E-state index is -1.40. The van der Waals surface area contributed by atoms with Crippen LogP contribution in [0.2, 0.25) is 0 Å². The van der Waals surface area contributed by atoms with E-state index in [0.717, 1.165) is 18.2 Å². The van der Waals surface area contributed by atoms with E-state index in [1.807, 2.05) is 0 Å². The Morgan fingerprint density at radius 3 is 2.35 bits per heavy atom. The maximum atomic E-state index is 11.8. The van der Waals surface area contributed by atoms with Crippen molar-refractivity contribution in [2.24, 2.45) is 0 Å². The number of benzene rings is 1. The van der Waals surface area contributed by atoms with Crippen molar-refractivity contribution in [2.75, 3.05) is 0 Å². The topological polar surface area (TPSA) is 144 Å². The van der Waals surface area contributed by atoms with Crippen LogP contribution in [0.3, 0.4) is 0 Å². The summed E-state index contributed by atoms with van der Waals surface area (Å²) >= 11 is 0. The standard InChI is InChI=1S/C12H13NO7/c14-6-1-3-9(15)7(5-6)11(18)13-8(12(19)20)2-4-10(16)17/h1,3,5,8,14-15H,2,4H2,(H,13,18)(H,16,17)(H,19,20). The Bertz CT molecular complexity index is 541. The highest BCUT2D eigenvalue weighted by molar-refractivity contribution is 5.99. The molecule has 1 unspecified atom stereocenters. The van der Waals surface area contributed by atoms with Crippen LogP contribution in [-0.4, -0.2) is 44.3 Å². The highest BCUT2D eigenvalue weighted by Gasteiger charge is 2.23. The van der Waals surface area contributed by atoms with E-state index < -0.39 is 36.1 Å². The van der Waals surface area contributed by atoms with E-state index in [1.54, 1.807) is 0 Å². The molecule has 1 aromatic rings. The van der Waals surface area contributed by atoms with E-state index in [4.69, 9.17) is 10.2 Å². The summed E-state index contributed by atoms with van der Waals surface area (Å²) in [6.45, 7) is 0. The normalized spacial score (nSPS) is 11.6. The third kappa shape index (κ3) is 4.16. The summed E-state index contributed by atoms with van der Waals surface area (Å²) in [6, 6.07) is 1.81. The molecule has 0 aliphatic heterocycles. The van der Waals surface area contributed by atoms with Gasteiger partial charge in [-0.25, -0.2) is 4.79 Å². The van der Waals surface area contributed by atoms with Crippen molar-refractivity contribution in [3.05, 3.63) is 23.8 Å². The second kappa shape index (κ2) is 6.41. The largest absolute Gasteiger partial charge is 0.508 e. The third-order valence-electron chi connectivity index (χ3n) is 2.48. The number of aromatic hydroxyl groups is 2. The van der Waals surface area contributed by atoms with Gasteiger partial charge in [0.1, 0.15) is 17.5 Å². The van der Waals surface area contributed by atoms with Crippen LogP contribution < -0.4 is 5.32 Å². The summed E-state index contributed by atoms with van der Waals surface area (Å²) < 4.78 is 0. The lowest BCUT2D eigenvalue weighted by Gasteiger charge is -2.14. The number of carbonyl (C=O) groups is 3. The van der Waals surface area contributed by atoms with Crippen LogP contribution in [0.1, 0.15) is 23.2 Å². The lowest BCUT2D eigenvalue weighted by molar-refractivity contribution is -0.140. The predicted molar refractivity (Wildman–Crippen MR) is 65.5 cm³/mol. The van der Waals surface area contributed by atoms with E-state index >= 15 is 0 Å². The Balaban J connectivity index is 2.82. The molecule has 1 rings (SSSR count). The van der Waals surface area contributed by atoms with E-state index in [2.05, 4.69) is 5.32 Å². The van der Waals surface area contributed by atoms with E-state index in [1.165, 1.54) is 0 Å². The summed E-state index contributed by atoms with van der Waals surface area (Å²) in [5.41, 5.74) is -0.299. The molecular formula is C12H13NO7. The van der Waals surface area contributed by atoms with Crippen LogP contribution >= 0.6 is 0 Å². The van der Waals surface area contributed by atoms with Crippen LogP contribution in [0.15, 0.2) is 18.2 Å². The summed E-state index contributed by atoms with van der Waals surface area (Å²) in [6.07, 6.45) is -0.723. The van der Waals surface area contributed by atoms with Crippen LogP contribution in [0.4, 0.5) is 0 Å². The van der Waals surface area contributed by atoms with Gasteiger partial charge in [0.15, 0.2) is 0 Å². The molecule has 8 heteroatoms. The quantitative estimate of drug-likeness (QED) is 0.467. The molecule has 0 aromatic heterocycles. The second-order valence-electron chi connectivity index (χ2n) is 4.00. The molecule has 0 fully saturated rings. The van der Waals surface area contributed by atoms with Gasteiger partial charge in [0.2, 0.25) is 0 Å². The fourth-order valence-electron chi connectivity index (χ4n) is 1.47. The van der Waals surface area contributed by atoms with Crippen molar-refractivity contribution < 1.29 is 34.8 Å². The monoisotopic (exact) mass is 283 g/mol. The Hall–Kier alpha value is -2.77. The maximum Gasteiger partial charge on any atom is 0.326 e. The Morgan fingerprint density at radius 2 is 1.80 bits per heavy atom. The average Bonchev–Trinajstić information content (AvgIpc) is 2.36. The first kappa shape index (κ1) is 15.3. The molecule has 0 heterocycles. The number of hydrogen-bond donors (Lipinski definition) is 5. The summed E-state index contributed by atoms with van der Waals surface area (Å²) in [5.74, 6) is -4.20. The molecule has 0 bridgehead atoms. The van der Waals surface area contributed by atoms with Crippen molar-refractivity contribution in [3.8, 4) is 11.5 Å². The van der Waals surface area contributed by atoms with Gasteiger partial charge in [0.25, 0.3) is 5.91 Å². The van der Waals surface area contributed by atoms with Crippen molar-refractivity contribution in [2.45, 2.75) is 18.9 Å². The number of nitrogens with one attached hydrogen (secondary N) is 1. The fourth-order valence-corrected chi connectivity index (χ4v) is 1.47. The van der Waals surface area contributed by atoms with Gasteiger partial charge in [0.05, 0.1) is 5.56 Å². The molecule has 0 spiro atoms. The molecule has 1 amide bonds. The molecule has 20 heavy (non-hydrogen) atoms. The molecule has 0 saturated heterocycles.